The number of furan rings is 1. The van der Waals surface area contributed by atoms with Crippen LogP contribution < -0.4 is 5.32 Å². The number of hydrogen-bond acceptors (Lipinski definition) is 4. The minimum absolute atomic E-state index is 0.0126. The first-order chi connectivity index (χ1) is 10.1. The summed E-state index contributed by atoms with van der Waals surface area (Å²) in [6.45, 7) is 3.58. The molecule has 6 nitrogen and oxygen atoms in total. The predicted octanol–water partition coefficient (Wildman–Crippen LogP) is 0.923. The molecule has 3 heterocycles. The van der Waals surface area contributed by atoms with Crippen molar-refractivity contribution in [2.45, 2.75) is 32.4 Å². The molecule has 0 radical (unpaired) electrons. The van der Waals surface area contributed by atoms with E-state index in [0.29, 0.717) is 39.1 Å². The van der Waals surface area contributed by atoms with E-state index in [1.54, 1.807) is 24.2 Å². The quantitative estimate of drug-likeness (QED) is 0.899. The van der Waals surface area contributed by atoms with Crippen LogP contribution in [0, 0.1) is 5.41 Å². The van der Waals surface area contributed by atoms with E-state index in [1.165, 1.54) is 0 Å². The summed E-state index contributed by atoms with van der Waals surface area (Å²) in [5, 5.41) is 2.93. The first-order valence-electron chi connectivity index (χ1n) is 7.29. The summed E-state index contributed by atoms with van der Waals surface area (Å²) in [7, 11) is 0. The van der Waals surface area contributed by atoms with Gasteiger partial charge in [-0.15, -0.1) is 0 Å². The topological polar surface area (TPSA) is 71.8 Å². The van der Waals surface area contributed by atoms with Gasteiger partial charge in [0.1, 0.15) is 5.76 Å². The highest BCUT2D eigenvalue weighted by molar-refractivity contribution is 5.85. The van der Waals surface area contributed by atoms with Crippen molar-refractivity contribution in [1.82, 2.24) is 10.2 Å². The van der Waals surface area contributed by atoms with Crippen LogP contribution in [0.1, 0.15) is 25.5 Å². The Hall–Kier alpha value is -1.82. The summed E-state index contributed by atoms with van der Waals surface area (Å²) >= 11 is 0. The van der Waals surface area contributed by atoms with Gasteiger partial charge in [0.15, 0.2) is 0 Å². The number of likely N-dealkylation sites (tertiary alicyclic amines) is 1. The molecule has 1 aromatic rings. The number of nitrogens with zero attached hydrogens (tertiary/aromatic N) is 1. The molecule has 2 atom stereocenters. The Morgan fingerprint density at radius 2 is 2.38 bits per heavy atom. The van der Waals surface area contributed by atoms with Gasteiger partial charge in [0.25, 0.3) is 0 Å². The Balaban J connectivity index is 1.72. The van der Waals surface area contributed by atoms with E-state index in [9.17, 15) is 9.59 Å². The minimum Gasteiger partial charge on any atom is -0.467 e. The Kier molecular flexibility index (Phi) is 3.71. The van der Waals surface area contributed by atoms with Crippen LogP contribution >= 0.6 is 0 Å². The lowest BCUT2D eigenvalue weighted by Crippen LogP contribution is -2.57. The van der Waals surface area contributed by atoms with Gasteiger partial charge >= 0.3 is 0 Å². The van der Waals surface area contributed by atoms with Crippen molar-refractivity contribution in [1.29, 1.82) is 0 Å². The summed E-state index contributed by atoms with van der Waals surface area (Å²) in [5.74, 6) is 0.681. The number of rotatable bonds is 3. The van der Waals surface area contributed by atoms with Crippen molar-refractivity contribution in [3.05, 3.63) is 24.2 Å². The molecule has 1 N–H and O–H groups in total. The van der Waals surface area contributed by atoms with Gasteiger partial charge in [-0.3, -0.25) is 9.59 Å². The van der Waals surface area contributed by atoms with Crippen LogP contribution in [0.3, 0.4) is 0 Å². The van der Waals surface area contributed by atoms with E-state index in [-0.39, 0.29) is 17.9 Å². The standard InChI is InChI=1S/C15H20N2O4/c1-11(18)17-6-4-13-15(10-17,5-8-21-13)14(19)16-9-12-3-2-7-20-12/h2-3,7,13H,4-6,8-10H2,1H3,(H,16,19)/t13-,15-/m1/s1. The Morgan fingerprint density at radius 3 is 3.10 bits per heavy atom. The molecule has 21 heavy (non-hydrogen) atoms. The van der Waals surface area contributed by atoms with Crippen LogP contribution in [-0.4, -0.2) is 42.5 Å². The smallest absolute Gasteiger partial charge is 0.231 e. The van der Waals surface area contributed by atoms with E-state index in [1.807, 2.05) is 6.07 Å². The lowest BCUT2D eigenvalue weighted by molar-refractivity contribution is -0.145. The van der Waals surface area contributed by atoms with Gasteiger partial charge in [-0.05, 0) is 25.0 Å². The molecule has 3 rings (SSSR count). The number of carbonyl (C=O) groups excluding carboxylic acids is 2. The number of hydrogen-bond donors (Lipinski definition) is 1. The van der Waals surface area contributed by atoms with Crippen molar-refractivity contribution in [3.8, 4) is 0 Å². The molecule has 2 saturated heterocycles. The maximum absolute atomic E-state index is 12.7. The number of fused-ring (bicyclic) bond motifs is 1. The maximum Gasteiger partial charge on any atom is 0.231 e. The number of nitrogens with one attached hydrogen (secondary N) is 1. The molecule has 0 bridgehead atoms. The Bertz CT molecular complexity index is 528. The lowest BCUT2D eigenvalue weighted by atomic mass is 9.75. The maximum atomic E-state index is 12.7. The molecule has 2 aliphatic heterocycles. The molecule has 0 aromatic carbocycles. The molecular formula is C15H20N2O4. The van der Waals surface area contributed by atoms with E-state index < -0.39 is 5.41 Å². The second-order valence-corrected chi connectivity index (χ2v) is 5.76. The normalized spacial score (nSPS) is 28.2. The van der Waals surface area contributed by atoms with Gasteiger partial charge in [-0.25, -0.2) is 0 Å². The van der Waals surface area contributed by atoms with Crippen LogP contribution in [-0.2, 0) is 20.9 Å². The molecule has 2 fully saturated rings. The molecule has 2 aliphatic rings. The monoisotopic (exact) mass is 292 g/mol. The molecule has 1 aromatic heterocycles. The fourth-order valence-electron chi connectivity index (χ4n) is 3.29. The summed E-state index contributed by atoms with van der Waals surface area (Å²) in [6.07, 6.45) is 2.86. The van der Waals surface area contributed by atoms with Crippen molar-refractivity contribution < 1.29 is 18.7 Å². The summed E-state index contributed by atoms with van der Waals surface area (Å²) in [6, 6.07) is 3.61. The molecule has 2 amide bonds. The highest BCUT2D eigenvalue weighted by atomic mass is 16.5. The molecule has 0 aliphatic carbocycles. The zero-order chi connectivity index (χ0) is 14.9. The molecular weight excluding hydrogens is 272 g/mol. The molecule has 0 unspecified atom stereocenters. The van der Waals surface area contributed by atoms with Gasteiger partial charge < -0.3 is 19.4 Å². The van der Waals surface area contributed by atoms with Crippen LogP contribution in [0.2, 0.25) is 0 Å². The zero-order valence-corrected chi connectivity index (χ0v) is 12.1. The highest BCUT2D eigenvalue weighted by Crippen LogP contribution is 2.41. The van der Waals surface area contributed by atoms with Crippen molar-refractivity contribution in [3.63, 3.8) is 0 Å². The van der Waals surface area contributed by atoms with E-state index in [2.05, 4.69) is 5.32 Å². The molecule has 114 valence electrons. The number of piperidine rings is 1. The third kappa shape index (κ3) is 2.55. The largest absolute Gasteiger partial charge is 0.467 e. The summed E-state index contributed by atoms with van der Waals surface area (Å²) < 4.78 is 11.0. The average molecular weight is 292 g/mol. The number of carbonyl (C=O) groups is 2. The predicted molar refractivity (Wildman–Crippen MR) is 74.2 cm³/mol. The third-order valence-corrected chi connectivity index (χ3v) is 4.52. The lowest BCUT2D eigenvalue weighted by Gasteiger charge is -2.42. The van der Waals surface area contributed by atoms with Crippen LogP contribution in [0.25, 0.3) is 0 Å². The van der Waals surface area contributed by atoms with Gasteiger partial charge in [-0.2, -0.15) is 0 Å². The van der Waals surface area contributed by atoms with Gasteiger partial charge in [-0.1, -0.05) is 0 Å². The average Bonchev–Trinajstić information content (AvgIpc) is 3.13. The SMILES string of the molecule is CC(=O)N1CC[C@H]2OCC[C@@]2(C(=O)NCc2ccco2)C1. The molecule has 0 spiro atoms. The second-order valence-electron chi connectivity index (χ2n) is 5.76. The van der Waals surface area contributed by atoms with E-state index in [0.717, 1.165) is 5.76 Å². The number of amides is 2. The summed E-state index contributed by atoms with van der Waals surface area (Å²) in [5.41, 5.74) is -0.615. The summed E-state index contributed by atoms with van der Waals surface area (Å²) in [4.78, 5) is 26.1. The van der Waals surface area contributed by atoms with Crippen LogP contribution in [0.5, 0.6) is 0 Å². The van der Waals surface area contributed by atoms with Gasteiger partial charge in [0.05, 0.1) is 24.3 Å². The van der Waals surface area contributed by atoms with E-state index >= 15 is 0 Å². The van der Waals surface area contributed by atoms with Crippen LogP contribution in [0.15, 0.2) is 22.8 Å². The highest BCUT2D eigenvalue weighted by Gasteiger charge is 2.53. The zero-order valence-electron chi connectivity index (χ0n) is 12.1. The fourth-order valence-corrected chi connectivity index (χ4v) is 3.29. The van der Waals surface area contributed by atoms with Crippen LogP contribution in [0.4, 0.5) is 0 Å². The number of ether oxygens (including phenoxy) is 1. The molecule has 6 heteroatoms. The van der Waals surface area contributed by atoms with Gasteiger partial charge in [0, 0.05) is 26.6 Å². The fraction of sp³-hybridized carbons (Fsp3) is 0.600. The van der Waals surface area contributed by atoms with Crippen molar-refractivity contribution in [2.75, 3.05) is 19.7 Å². The molecule has 0 saturated carbocycles. The van der Waals surface area contributed by atoms with Crippen molar-refractivity contribution in [2.24, 2.45) is 5.41 Å². The first kappa shape index (κ1) is 14.1. The Morgan fingerprint density at radius 1 is 1.52 bits per heavy atom. The third-order valence-electron chi connectivity index (χ3n) is 4.52. The van der Waals surface area contributed by atoms with E-state index in [4.69, 9.17) is 9.15 Å². The van der Waals surface area contributed by atoms with Gasteiger partial charge in [0.2, 0.25) is 11.8 Å². The van der Waals surface area contributed by atoms with Crippen molar-refractivity contribution >= 4 is 11.8 Å². The minimum atomic E-state index is -0.615. The first-order valence-corrected chi connectivity index (χ1v) is 7.29. The second kappa shape index (κ2) is 5.52. The Labute approximate surface area is 123 Å².